The number of para-hydroxylation sites is 1. The summed E-state index contributed by atoms with van der Waals surface area (Å²) in [5.41, 5.74) is 2.79. The number of hydrogen-bond donors (Lipinski definition) is 1. The topological polar surface area (TPSA) is 97.6 Å². The number of nitriles is 1. The predicted octanol–water partition coefficient (Wildman–Crippen LogP) is 4.24. The van der Waals surface area contributed by atoms with Gasteiger partial charge in [0, 0.05) is 12.6 Å². The summed E-state index contributed by atoms with van der Waals surface area (Å²) in [7, 11) is 1.73. The normalized spacial score (nSPS) is 11.3. The van der Waals surface area contributed by atoms with Crippen LogP contribution in [0.5, 0.6) is 0 Å². The first kappa shape index (κ1) is 23.8. The second-order valence-electron chi connectivity index (χ2n) is 7.99. The van der Waals surface area contributed by atoms with Crippen LogP contribution in [-0.2, 0) is 18.4 Å². The predicted molar refractivity (Wildman–Crippen MR) is 135 cm³/mol. The van der Waals surface area contributed by atoms with Crippen molar-refractivity contribution in [3.05, 3.63) is 104 Å². The van der Waals surface area contributed by atoms with Gasteiger partial charge in [0.25, 0.3) is 11.5 Å². The van der Waals surface area contributed by atoms with E-state index in [-0.39, 0.29) is 11.3 Å². The van der Waals surface area contributed by atoms with E-state index in [4.69, 9.17) is 11.6 Å². The number of benzene rings is 2. The maximum atomic E-state index is 13.1. The van der Waals surface area contributed by atoms with Crippen LogP contribution in [0, 0.1) is 25.2 Å². The molecule has 2 aromatic heterocycles. The summed E-state index contributed by atoms with van der Waals surface area (Å²) in [5.74, 6) is -0.704. The van der Waals surface area contributed by atoms with Crippen LogP contribution in [0.1, 0.15) is 22.5 Å². The molecule has 0 radical (unpaired) electrons. The molecule has 0 fully saturated rings. The quantitative estimate of drug-likeness (QED) is 0.325. The molecule has 4 aromatic rings. The van der Waals surface area contributed by atoms with Crippen LogP contribution in [0.3, 0.4) is 0 Å². The zero-order chi connectivity index (χ0) is 25.1. The number of nitrogens with zero attached hydrogens (tertiary/aromatic N) is 5. The fraction of sp³-hybridized carbons (Fsp3) is 0.154. The van der Waals surface area contributed by atoms with Gasteiger partial charge < -0.3 is 5.32 Å². The molecule has 0 saturated carbocycles. The summed E-state index contributed by atoms with van der Waals surface area (Å²) in [6.07, 6.45) is 1.40. The Morgan fingerprint density at radius 2 is 1.74 bits per heavy atom. The Kier molecular flexibility index (Phi) is 6.71. The van der Waals surface area contributed by atoms with Gasteiger partial charge in [0.15, 0.2) is 0 Å². The standard InChI is InChI=1S/C26H23ClN6O2/c1-17-22(24(27)32(30-17)16-19-10-6-4-7-11-19)14-20(15-28)25(34)29-23-18(2)31(3)33(26(23)35)21-12-8-5-9-13-21/h4-14H,16H2,1-3H3,(H,29,34)/b20-14+. The molecule has 0 atom stereocenters. The van der Waals surface area contributed by atoms with Gasteiger partial charge in [-0.1, -0.05) is 60.1 Å². The van der Waals surface area contributed by atoms with Crippen molar-refractivity contribution in [1.29, 1.82) is 5.26 Å². The summed E-state index contributed by atoms with van der Waals surface area (Å²) in [4.78, 5) is 26.1. The Morgan fingerprint density at radius 1 is 1.11 bits per heavy atom. The van der Waals surface area contributed by atoms with E-state index in [0.29, 0.717) is 34.3 Å². The van der Waals surface area contributed by atoms with Crippen LogP contribution >= 0.6 is 11.6 Å². The van der Waals surface area contributed by atoms with Gasteiger partial charge >= 0.3 is 0 Å². The van der Waals surface area contributed by atoms with E-state index in [1.165, 1.54) is 10.8 Å². The number of carbonyl (C=O) groups is 1. The number of nitrogens with one attached hydrogen (secondary N) is 1. The summed E-state index contributed by atoms with van der Waals surface area (Å²) >= 11 is 6.55. The van der Waals surface area contributed by atoms with E-state index < -0.39 is 11.5 Å². The Bertz CT molecular complexity index is 1520. The molecule has 8 nitrogen and oxygen atoms in total. The highest BCUT2D eigenvalue weighted by molar-refractivity contribution is 6.31. The number of halogens is 1. The third-order valence-corrected chi connectivity index (χ3v) is 6.13. The minimum atomic E-state index is -0.704. The number of amides is 1. The molecular weight excluding hydrogens is 464 g/mol. The van der Waals surface area contributed by atoms with Gasteiger partial charge in [-0.2, -0.15) is 10.4 Å². The fourth-order valence-corrected chi connectivity index (χ4v) is 4.07. The second kappa shape index (κ2) is 9.87. The number of aromatic nitrogens is 4. The van der Waals surface area contributed by atoms with E-state index in [1.54, 1.807) is 42.4 Å². The monoisotopic (exact) mass is 486 g/mol. The van der Waals surface area contributed by atoms with Crippen molar-refractivity contribution in [3.8, 4) is 11.8 Å². The molecule has 0 saturated heterocycles. The van der Waals surface area contributed by atoms with Crippen molar-refractivity contribution in [2.45, 2.75) is 20.4 Å². The minimum Gasteiger partial charge on any atom is -0.315 e. The van der Waals surface area contributed by atoms with Gasteiger partial charge in [0.2, 0.25) is 0 Å². The first-order chi connectivity index (χ1) is 16.8. The van der Waals surface area contributed by atoms with Gasteiger partial charge in [0.1, 0.15) is 22.5 Å². The molecule has 4 rings (SSSR count). The van der Waals surface area contributed by atoms with Crippen molar-refractivity contribution in [3.63, 3.8) is 0 Å². The lowest BCUT2D eigenvalue weighted by molar-refractivity contribution is -0.112. The molecule has 0 unspecified atom stereocenters. The number of rotatable bonds is 6. The van der Waals surface area contributed by atoms with Crippen LogP contribution < -0.4 is 10.9 Å². The lowest BCUT2D eigenvalue weighted by Gasteiger charge is -2.07. The van der Waals surface area contributed by atoms with Gasteiger partial charge in [-0.05, 0) is 37.6 Å². The molecule has 176 valence electrons. The molecule has 0 bridgehead atoms. The van der Waals surface area contributed by atoms with Gasteiger partial charge in [-0.15, -0.1) is 0 Å². The number of hydrogen-bond acceptors (Lipinski definition) is 4. The van der Waals surface area contributed by atoms with Crippen LogP contribution in [-0.4, -0.2) is 25.1 Å². The maximum absolute atomic E-state index is 13.1. The number of carbonyl (C=O) groups excluding carboxylic acids is 1. The smallest absolute Gasteiger partial charge is 0.295 e. The summed E-state index contributed by atoms with van der Waals surface area (Å²) < 4.78 is 4.72. The summed E-state index contributed by atoms with van der Waals surface area (Å²) in [5, 5.41) is 17.1. The summed E-state index contributed by atoms with van der Waals surface area (Å²) in [6, 6.07) is 20.7. The van der Waals surface area contributed by atoms with Gasteiger partial charge in [0.05, 0.1) is 23.6 Å². The van der Waals surface area contributed by atoms with E-state index in [1.807, 2.05) is 54.6 Å². The van der Waals surface area contributed by atoms with Crippen LogP contribution in [0.15, 0.2) is 71.0 Å². The minimum absolute atomic E-state index is 0.102. The largest absolute Gasteiger partial charge is 0.315 e. The maximum Gasteiger partial charge on any atom is 0.295 e. The van der Waals surface area contributed by atoms with E-state index in [0.717, 1.165) is 5.56 Å². The van der Waals surface area contributed by atoms with Crippen LogP contribution in [0.25, 0.3) is 11.8 Å². The molecule has 2 aromatic carbocycles. The molecule has 9 heteroatoms. The Hall–Kier alpha value is -4.35. The molecular formula is C26H23ClN6O2. The molecule has 1 amide bonds. The second-order valence-corrected chi connectivity index (χ2v) is 8.35. The highest BCUT2D eigenvalue weighted by Crippen LogP contribution is 2.24. The van der Waals surface area contributed by atoms with Gasteiger partial charge in [-0.25, -0.2) is 9.36 Å². The molecule has 35 heavy (non-hydrogen) atoms. The SMILES string of the molecule is Cc1nn(Cc2ccccc2)c(Cl)c1/C=C(\C#N)C(=O)Nc1c(C)n(C)n(-c2ccccc2)c1=O. The Balaban J connectivity index is 1.64. The number of aryl methyl sites for hydroxylation is 1. The van der Waals surface area contributed by atoms with Crippen LogP contribution in [0.4, 0.5) is 5.69 Å². The van der Waals surface area contributed by atoms with Crippen molar-refractivity contribution in [1.82, 2.24) is 19.1 Å². The molecule has 2 heterocycles. The average Bonchev–Trinajstić information content (AvgIpc) is 3.24. The fourth-order valence-electron chi connectivity index (χ4n) is 3.78. The molecule has 0 aliphatic carbocycles. The van der Waals surface area contributed by atoms with Gasteiger partial charge in [-0.3, -0.25) is 14.3 Å². The Morgan fingerprint density at radius 3 is 2.37 bits per heavy atom. The Labute approximate surface area is 207 Å². The highest BCUT2D eigenvalue weighted by Gasteiger charge is 2.21. The van der Waals surface area contributed by atoms with E-state index in [9.17, 15) is 14.9 Å². The first-order valence-corrected chi connectivity index (χ1v) is 11.2. The molecule has 0 spiro atoms. The first-order valence-electron chi connectivity index (χ1n) is 10.9. The van der Waals surface area contributed by atoms with Crippen molar-refractivity contribution in [2.75, 3.05) is 5.32 Å². The van der Waals surface area contributed by atoms with Crippen molar-refractivity contribution in [2.24, 2.45) is 7.05 Å². The third-order valence-electron chi connectivity index (χ3n) is 5.73. The van der Waals surface area contributed by atoms with Crippen molar-refractivity contribution < 1.29 is 4.79 Å². The van der Waals surface area contributed by atoms with E-state index >= 15 is 0 Å². The van der Waals surface area contributed by atoms with E-state index in [2.05, 4.69) is 10.4 Å². The van der Waals surface area contributed by atoms with Crippen molar-refractivity contribution >= 4 is 29.3 Å². The zero-order valence-electron chi connectivity index (χ0n) is 19.5. The highest BCUT2D eigenvalue weighted by atomic mass is 35.5. The lowest BCUT2D eigenvalue weighted by Crippen LogP contribution is -2.23. The zero-order valence-corrected chi connectivity index (χ0v) is 20.2. The third kappa shape index (κ3) is 4.67. The summed E-state index contributed by atoms with van der Waals surface area (Å²) in [6.45, 7) is 3.93. The molecule has 0 aliphatic rings. The average molecular weight is 487 g/mol. The lowest BCUT2D eigenvalue weighted by atomic mass is 10.1. The number of anilines is 1. The molecule has 1 N–H and O–H groups in total. The van der Waals surface area contributed by atoms with Crippen LogP contribution in [0.2, 0.25) is 5.15 Å². The molecule has 0 aliphatic heterocycles.